The lowest BCUT2D eigenvalue weighted by Gasteiger charge is -2.26. The van der Waals surface area contributed by atoms with E-state index in [1.807, 2.05) is 12.1 Å². The number of benzene rings is 1. The standard InChI is InChI=1S/C13H9BrN2OS/c14-9-4-13(18-7-9)11-6-17-12-2-1-8(5-15)3-10(12)16-11/h1-4,7,11,16H,6H2. The number of fused-ring (bicyclic) bond motifs is 1. The largest absolute Gasteiger partial charge is 0.489 e. The Morgan fingerprint density at radius 1 is 1.44 bits per heavy atom. The lowest BCUT2D eigenvalue weighted by Crippen LogP contribution is -2.23. The number of anilines is 1. The minimum atomic E-state index is 0.141. The van der Waals surface area contributed by atoms with Crippen molar-refractivity contribution in [2.45, 2.75) is 6.04 Å². The number of nitrogens with one attached hydrogen (secondary N) is 1. The van der Waals surface area contributed by atoms with Crippen molar-refractivity contribution in [1.29, 1.82) is 5.26 Å². The van der Waals surface area contributed by atoms with E-state index in [1.54, 1.807) is 17.4 Å². The van der Waals surface area contributed by atoms with Crippen LogP contribution < -0.4 is 10.1 Å². The molecule has 0 radical (unpaired) electrons. The molecule has 1 atom stereocenters. The van der Waals surface area contributed by atoms with Crippen LogP contribution >= 0.6 is 27.3 Å². The number of hydrogen-bond acceptors (Lipinski definition) is 4. The molecule has 3 rings (SSSR count). The van der Waals surface area contributed by atoms with Gasteiger partial charge in [-0.1, -0.05) is 0 Å². The molecule has 0 saturated carbocycles. The zero-order valence-electron chi connectivity index (χ0n) is 9.31. The molecule has 90 valence electrons. The molecular formula is C13H9BrN2OS. The van der Waals surface area contributed by atoms with E-state index in [-0.39, 0.29) is 6.04 Å². The van der Waals surface area contributed by atoms with Crippen molar-refractivity contribution < 1.29 is 4.74 Å². The Bertz CT molecular complexity index is 632. The van der Waals surface area contributed by atoms with Gasteiger partial charge in [0.05, 0.1) is 23.4 Å². The SMILES string of the molecule is N#Cc1ccc2c(c1)NC(c1cc(Br)cs1)CO2. The van der Waals surface area contributed by atoms with Crippen LogP contribution in [-0.4, -0.2) is 6.61 Å². The first kappa shape index (κ1) is 11.6. The van der Waals surface area contributed by atoms with Gasteiger partial charge in [0.2, 0.25) is 0 Å². The van der Waals surface area contributed by atoms with Crippen LogP contribution in [0.2, 0.25) is 0 Å². The van der Waals surface area contributed by atoms with Gasteiger partial charge in [-0.25, -0.2) is 0 Å². The molecule has 2 aromatic rings. The fourth-order valence-electron chi connectivity index (χ4n) is 1.90. The Morgan fingerprint density at radius 2 is 2.33 bits per heavy atom. The lowest BCUT2D eigenvalue weighted by atomic mass is 10.1. The van der Waals surface area contributed by atoms with Gasteiger partial charge in [0.1, 0.15) is 12.4 Å². The Hall–Kier alpha value is -1.51. The van der Waals surface area contributed by atoms with Crippen LogP contribution in [0.1, 0.15) is 16.5 Å². The summed E-state index contributed by atoms with van der Waals surface area (Å²) in [6.45, 7) is 0.603. The summed E-state index contributed by atoms with van der Waals surface area (Å²) >= 11 is 5.14. The number of hydrogen-bond donors (Lipinski definition) is 1. The number of ether oxygens (including phenoxy) is 1. The summed E-state index contributed by atoms with van der Waals surface area (Å²) in [6.07, 6.45) is 0. The van der Waals surface area contributed by atoms with E-state index >= 15 is 0 Å². The summed E-state index contributed by atoms with van der Waals surface area (Å²) in [5.41, 5.74) is 1.52. The van der Waals surface area contributed by atoms with Gasteiger partial charge in [-0.15, -0.1) is 11.3 Å². The molecule has 5 heteroatoms. The smallest absolute Gasteiger partial charge is 0.142 e. The Morgan fingerprint density at radius 3 is 3.06 bits per heavy atom. The molecule has 1 N–H and O–H groups in total. The molecule has 1 aliphatic heterocycles. The van der Waals surface area contributed by atoms with E-state index in [1.165, 1.54) is 4.88 Å². The highest BCUT2D eigenvalue weighted by Crippen LogP contribution is 2.36. The Kier molecular flexibility index (Phi) is 2.98. The van der Waals surface area contributed by atoms with Crippen molar-refractivity contribution in [2.24, 2.45) is 0 Å². The summed E-state index contributed by atoms with van der Waals surface area (Å²) in [6, 6.07) is 9.79. The van der Waals surface area contributed by atoms with Gasteiger partial charge < -0.3 is 10.1 Å². The van der Waals surface area contributed by atoms with Crippen molar-refractivity contribution in [3.05, 3.63) is 44.6 Å². The highest BCUT2D eigenvalue weighted by atomic mass is 79.9. The highest BCUT2D eigenvalue weighted by Gasteiger charge is 2.21. The van der Waals surface area contributed by atoms with Crippen molar-refractivity contribution in [1.82, 2.24) is 0 Å². The number of nitriles is 1. The monoisotopic (exact) mass is 320 g/mol. The topological polar surface area (TPSA) is 45.0 Å². The normalized spacial score (nSPS) is 17.2. The number of rotatable bonds is 1. The first-order chi connectivity index (χ1) is 8.76. The van der Waals surface area contributed by atoms with Crippen molar-refractivity contribution in [3.63, 3.8) is 0 Å². The fourth-order valence-corrected chi connectivity index (χ4v) is 3.39. The van der Waals surface area contributed by atoms with Crippen LogP contribution in [0.4, 0.5) is 5.69 Å². The molecule has 0 bridgehead atoms. The average molecular weight is 321 g/mol. The molecule has 0 aliphatic carbocycles. The molecular weight excluding hydrogens is 312 g/mol. The minimum absolute atomic E-state index is 0.141. The number of nitrogens with zero attached hydrogens (tertiary/aromatic N) is 1. The summed E-state index contributed by atoms with van der Waals surface area (Å²) in [7, 11) is 0. The van der Waals surface area contributed by atoms with Gasteiger partial charge in [0.15, 0.2) is 0 Å². The summed E-state index contributed by atoms with van der Waals surface area (Å²) < 4.78 is 6.80. The maximum Gasteiger partial charge on any atom is 0.142 e. The van der Waals surface area contributed by atoms with Crippen LogP contribution in [0.5, 0.6) is 5.75 Å². The molecule has 0 amide bonds. The van der Waals surface area contributed by atoms with Gasteiger partial charge >= 0.3 is 0 Å². The third-order valence-electron chi connectivity index (χ3n) is 2.78. The second-order valence-electron chi connectivity index (χ2n) is 4.00. The minimum Gasteiger partial charge on any atom is -0.489 e. The summed E-state index contributed by atoms with van der Waals surface area (Å²) in [5.74, 6) is 0.806. The third kappa shape index (κ3) is 2.09. The zero-order chi connectivity index (χ0) is 12.5. The Labute approximate surface area is 117 Å². The number of thiophene rings is 1. The van der Waals surface area contributed by atoms with Gasteiger partial charge in [-0.2, -0.15) is 5.26 Å². The highest BCUT2D eigenvalue weighted by molar-refractivity contribution is 9.10. The van der Waals surface area contributed by atoms with Crippen molar-refractivity contribution in [2.75, 3.05) is 11.9 Å². The molecule has 1 aliphatic rings. The van der Waals surface area contributed by atoms with E-state index in [0.717, 1.165) is 15.9 Å². The molecule has 0 fully saturated rings. The van der Waals surface area contributed by atoms with Gasteiger partial charge in [0, 0.05) is 14.7 Å². The molecule has 1 aromatic carbocycles. The van der Waals surface area contributed by atoms with Crippen LogP contribution in [0.3, 0.4) is 0 Å². The van der Waals surface area contributed by atoms with Crippen LogP contribution in [0.15, 0.2) is 34.1 Å². The number of halogens is 1. The predicted molar refractivity (Wildman–Crippen MR) is 75.0 cm³/mol. The zero-order valence-corrected chi connectivity index (χ0v) is 11.7. The van der Waals surface area contributed by atoms with Gasteiger partial charge in [0.25, 0.3) is 0 Å². The molecule has 0 spiro atoms. The predicted octanol–water partition coefficient (Wildman–Crippen LogP) is 3.93. The summed E-state index contributed by atoms with van der Waals surface area (Å²) in [4.78, 5) is 1.22. The molecule has 1 unspecified atom stereocenters. The maximum atomic E-state index is 8.90. The van der Waals surface area contributed by atoms with E-state index in [2.05, 4.69) is 38.8 Å². The third-order valence-corrected chi connectivity index (χ3v) is 4.58. The molecule has 1 aromatic heterocycles. The van der Waals surface area contributed by atoms with Crippen molar-refractivity contribution >= 4 is 33.0 Å². The van der Waals surface area contributed by atoms with E-state index in [9.17, 15) is 0 Å². The first-order valence-electron chi connectivity index (χ1n) is 5.43. The second-order valence-corrected chi connectivity index (χ2v) is 5.86. The van der Waals surface area contributed by atoms with Crippen LogP contribution in [-0.2, 0) is 0 Å². The molecule has 2 heterocycles. The van der Waals surface area contributed by atoms with Crippen LogP contribution in [0, 0.1) is 11.3 Å². The molecule has 18 heavy (non-hydrogen) atoms. The van der Waals surface area contributed by atoms with Crippen LogP contribution in [0.25, 0.3) is 0 Å². The fraction of sp³-hybridized carbons (Fsp3) is 0.154. The quantitative estimate of drug-likeness (QED) is 0.865. The molecule has 3 nitrogen and oxygen atoms in total. The summed E-state index contributed by atoms with van der Waals surface area (Å²) in [5, 5.41) is 14.4. The first-order valence-corrected chi connectivity index (χ1v) is 7.11. The van der Waals surface area contributed by atoms with E-state index in [0.29, 0.717) is 12.2 Å². The lowest BCUT2D eigenvalue weighted by molar-refractivity contribution is 0.288. The van der Waals surface area contributed by atoms with Gasteiger partial charge in [-0.05, 0) is 40.2 Å². The Balaban J connectivity index is 1.90. The van der Waals surface area contributed by atoms with Crippen molar-refractivity contribution in [3.8, 4) is 11.8 Å². The van der Waals surface area contributed by atoms with E-state index < -0.39 is 0 Å². The second kappa shape index (κ2) is 4.63. The maximum absolute atomic E-state index is 8.90. The average Bonchev–Trinajstić information content (AvgIpc) is 2.84. The van der Waals surface area contributed by atoms with E-state index in [4.69, 9.17) is 10.00 Å². The van der Waals surface area contributed by atoms with Gasteiger partial charge in [-0.3, -0.25) is 0 Å². The molecule has 0 saturated heterocycles.